The Morgan fingerprint density at radius 2 is 2.00 bits per heavy atom. The van der Waals surface area contributed by atoms with Gasteiger partial charge in [-0.1, -0.05) is 6.07 Å². The Morgan fingerprint density at radius 1 is 1.17 bits per heavy atom. The molecule has 1 aliphatic rings. The normalized spacial score (nSPS) is 18.1. The number of thiophene rings is 1. The van der Waals surface area contributed by atoms with E-state index < -0.39 is 17.7 Å². The summed E-state index contributed by atoms with van der Waals surface area (Å²) >= 11 is 1.40. The Kier molecular flexibility index (Phi) is 5.33. The molecule has 1 aromatic carbocycles. The van der Waals surface area contributed by atoms with Crippen LogP contribution in [0.25, 0.3) is 5.76 Å². The fraction of sp³-hybridized carbons (Fsp3) is 0.182. The molecule has 1 amide bonds. The summed E-state index contributed by atoms with van der Waals surface area (Å²) in [7, 11) is 2.98. The van der Waals surface area contributed by atoms with Gasteiger partial charge in [0.25, 0.3) is 11.7 Å². The molecule has 7 nitrogen and oxygen atoms in total. The van der Waals surface area contributed by atoms with E-state index in [0.717, 1.165) is 4.88 Å². The zero-order valence-electron chi connectivity index (χ0n) is 16.3. The van der Waals surface area contributed by atoms with Crippen molar-refractivity contribution in [1.82, 2.24) is 4.90 Å². The molecule has 8 heteroatoms. The summed E-state index contributed by atoms with van der Waals surface area (Å²) in [6, 6.07) is 11.2. The maximum absolute atomic E-state index is 13.0. The number of aliphatic hydroxyl groups is 1. The van der Waals surface area contributed by atoms with Gasteiger partial charge in [0.15, 0.2) is 0 Å². The molecule has 1 fully saturated rings. The van der Waals surface area contributed by atoms with E-state index in [4.69, 9.17) is 13.9 Å². The van der Waals surface area contributed by atoms with Crippen molar-refractivity contribution < 1.29 is 28.6 Å². The number of hydrogen-bond acceptors (Lipinski definition) is 7. The van der Waals surface area contributed by atoms with Crippen LogP contribution in [0.3, 0.4) is 0 Å². The lowest BCUT2D eigenvalue weighted by molar-refractivity contribution is -0.140. The van der Waals surface area contributed by atoms with Gasteiger partial charge in [0.2, 0.25) is 0 Å². The maximum atomic E-state index is 13.0. The van der Waals surface area contributed by atoms with E-state index in [9.17, 15) is 14.7 Å². The highest BCUT2D eigenvalue weighted by Gasteiger charge is 2.47. The van der Waals surface area contributed by atoms with Crippen molar-refractivity contribution in [2.24, 2.45) is 0 Å². The number of rotatable bonds is 6. The van der Waals surface area contributed by atoms with Crippen molar-refractivity contribution in [3.8, 4) is 11.5 Å². The fourth-order valence-electron chi connectivity index (χ4n) is 3.50. The van der Waals surface area contributed by atoms with Gasteiger partial charge in [0, 0.05) is 10.9 Å². The summed E-state index contributed by atoms with van der Waals surface area (Å²) in [4.78, 5) is 28.0. The Morgan fingerprint density at radius 3 is 2.63 bits per heavy atom. The molecule has 2 aromatic heterocycles. The van der Waals surface area contributed by atoms with Crippen LogP contribution < -0.4 is 9.47 Å². The number of likely N-dealkylation sites (tertiary alicyclic amines) is 1. The van der Waals surface area contributed by atoms with Crippen molar-refractivity contribution >= 4 is 28.8 Å². The van der Waals surface area contributed by atoms with E-state index in [0.29, 0.717) is 22.8 Å². The number of carbonyl (C=O) groups excluding carboxylic acids is 2. The minimum absolute atomic E-state index is 0.0115. The largest absolute Gasteiger partial charge is 0.507 e. The van der Waals surface area contributed by atoms with Crippen LogP contribution >= 0.6 is 11.3 Å². The number of Topliss-reactive ketones (excluding diaryl/α,β-unsaturated/α-hetero) is 1. The van der Waals surface area contributed by atoms with Crippen LogP contribution in [0, 0.1) is 0 Å². The van der Waals surface area contributed by atoms with E-state index in [2.05, 4.69) is 0 Å². The maximum Gasteiger partial charge on any atom is 0.296 e. The Bertz CT molecular complexity index is 1100. The van der Waals surface area contributed by atoms with E-state index in [1.54, 1.807) is 30.3 Å². The van der Waals surface area contributed by atoms with Crippen LogP contribution in [0.5, 0.6) is 11.5 Å². The van der Waals surface area contributed by atoms with Crippen molar-refractivity contribution in [3.05, 3.63) is 75.9 Å². The van der Waals surface area contributed by atoms with Crippen LogP contribution in [0.2, 0.25) is 0 Å². The van der Waals surface area contributed by atoms with Crippen LogP contribution in [0.1, 0.15) is 22.2 Å². The summed E-state index contributed by atoms with van der Waals surface area (Å²) in [5, 5.41) is 13.0. The van der Waals surface area contributed by atoms with Gasteiger partial charge in [-0.05, 0) is 35.7 Å². The summed E-state index contributed by atoms with van der Waals surface area (Å²) in [6.07, 6.45) is 1.51. The van der Waals surface area contributed by atoms with Crippen LogP contribution in [0.15, 0.2) is 64.1 Å². The van der Waals surface area contributed by atoms with E-state index in [1.807, 2.05) is 17.5 Å². The third kappa shape index (κ3) is 3.35. The zero-order chi connectivity index (χ0) is 21.3. The zero-order valence-corrected chi connectivity index (χ0v) is 17.1. The standard InChI is InChI=1S/C22H19NO6S/c1-27-13-7-8-15(16(11-13)28-2)20(24)18-19(17-6-4-10-30-17)23(22(26)21(18)25)12-14-5-3-9-29-14/h3-11,19,24H,12H2,1-2H3/b20-18-. The van der Waals surface area contributed by atoms with Crippen LogP contribution in [0.4, 0.5) is 0 Å². The molecule has 0 spiro atoms. The van der Waals surface area contributed by atoms with E-state index in [-0.39, 0.29) is 17.9 Å². The lowest BCUT2D eigenvalue weighted by Gasteiger charge is -2.23. The lowest BCUT2D eigenvalue weighted by Crippen LogP contribution is -2.28. The first-order valence-electron chi connectivity index (χ1n) is 9.11. The Hall–Kier alpha value is -3.52. The van der Waals surface area contributed by atoms with Gasteiger partial charge in [0.1, 0.15) is 29.1 Å². The number of amides is 1. The predicted molar refractivity (Wildman–Crippen MR) is 110 cm³/mol. The van der Waals surface area contributed by atoms with Crippen LogP contribution in [-0.4, -0.2) is 35.9 Å². The van der Waals surface area contributed by atoms with Gasteiger partial charge < -0.3 is 23.9 Å². The minimum atomic E-state index is -0.754. The Balaban J connectivity index is 1.86. The van der Waals surface area contributed by atoms with Gasteiger partial charge in [-0.2, -0.15) is 0 Å². The van der Waals surface area contributed by atoms with Crippen molar-refractivity contribution in [1.29, 1.82) is 0 Å². The first-order chi connectivity index (χ1) is 14.5. The smallest absolute Gasteiger partial charge is 0.296 e. The molecule has 1 saturated heterocycles. The quantitative estimate of drug-likeness (QED) is 0.365. The summed E-state index contributed by atoms with van der Waals surface area (Å²) in [6.45, 7) is 0.108. The predicted octanol–water partition coefficient (Wildman–Crippen LogP) is 3.98. The second kappa shape index (κ2) is 8.08. The molecule has 0 bridgehead atoms. The number of carbonyl (C=O) groups is 2. The second-order valence-electron chi connectivity index (χ2n) is 6.59. The molecule has 1 aliphatic heterocycles. The molecule has 1 N–H and O–H groups in total. The number of benzene rings is 1. The monoisotopic (exact) mass is 425 g/mol. The van der Waals surface area contributed by atoms with Gasteiger partial charge in [-0.15, -0.1) is 11.3 Å². The number of aliphatic hydroxyl groups excluding tert-OH is 1. The number of furan rings is 1. The number of methoxy groups -OCH3 is 2. The molecule has 3 aromatic rings. The molecule has 1 unspecified atom stereocenters. The molecule has 0 saturated carbocycles. The van der Waals surface area contributed by atoms with Gasteiger partial charge in [0.05, 0.1) is 38.2 Å². The second-order valence-corrected chi connectivity index (χ2v) is 7.57. The molecular formula is C22H19NO6S. The summed E-state index contributed by atoms with van der Waals surface area (Å²) in [5.74, 6) is -0.340. The third-order valence-corrected chi connectivity index (χ3v) is 5.85. The number of hydrogen-bond donors (Lipinski definition) is 1. The molecule has 3 heterocycles. The third-order valence-electron chi connectivity index (χ3n) is 4.92. The number of ketones is 1. The SMILES string of the molecule is COc1ccc(/C(O)=C2/C(=O)C(=O)N(Cc3ccco3)C2c2cccs2)c(OC)c1. The molecule has 1 atom stereocenters. The summed E-state index contributed by atoms with van der Waals surface area (Å²) < 4.78 is 15.9. The minimum Gasteiger partial charge on any atom is -0.507 e. The number of nitrogens with zero attached hydrogens (tertiary/aromatic N) is 1. The molecular weight excluding hydrogens is 406 g/mol. The average Bonchev–Trinajstić information content (AvgIpc) is 3.52. The summed E-state index contributed by atoms with van der Waals surface area (Å²) in [5.41, 5.74) is 0.313. The lowest BCUT2D eigenvalue weighted by atomic mass is 9.99. The van der Waals surface area contributed by atoms with Gasteiger partial charge in [-0.25, -0.2) is 0 Å². The van der Waals surface area contributed by atoms with Gasteiger partial charge >= 0.3 is 0 Å². The first-order valence-corrected chi connectivity index (χ1v) is 9.99. The van der Waals surface area contributed by atoms with E-state index in [1.165, 1.54) is 36.7 Å². The molecule has 0 radical (unpaired) electrons. The molecule has 0 aliphatic carbocycles. The Labute approximate surface area is 176 Å². The highest BCUT2D eigenvalue weighted by atomic mass is 32.1. The van der Waals surface area contributed by atoms with Gasteiger partial charge in [-0.3, -0.25) is 9.59 Å². The van der Waals surface area contributed by atoms with Crippen molar-refractivity contribution in [2.45, 2.75) is 12.6 Å². The van der Waals surface area contributed by atoms with Crippen molar-refractivity contribution in [3.63, 3.8) is 0 Å². The molecule has 154 valence electrons. The highest BCUT2D eigenvalue weighted by molar-refractivity contribution is 7.10. The number of ether oxygens (including phenoxy) is 2. The topological polar surface area (TPSA) is 89.2 Å². The molecule has 30 heavy (non-hydrogen) atoms. The molecule has 4 rings (SSSR count). The fourth-order valence-corrected chi connectivity index (χ4v) is 4.34. The van der Waals surface area contributed by atoms with Crippen molar-refractivity contribution in [2.75, 3.05) is 14.2 Å². The first kappa shape index (κ1) is 19.8. The highest BCUT2D eigenvalue weighted by Crippen LogP contribution is 2.43. The van der Waals surface area contributed by atoms with E-state index >= 15 is 0 Å². The average molecular weight is 425 g/mol. The van der Waals surface area contributed by atoms with Crippen LogP contribution in [-0.2, 0) is 16.1 Å².